The number of thioether (sulfide) groups is 2. The van der Waals surface area contributed by atoms with Gasteiger partial charge in [0.25, 0.3) is 0 Å². The normalized spacial score (nSPS) is 27.5. The zero-order valence-electron chi connectivity index (χ0n) is 10.6. The number of carbonyl (C=O) groups is 1. The first-order valence-electron chi connectivity index (χ1n) is 6.50. The molecule has 0 spiro atoms. The molecule has 102 valence electrons. The van der Waals surface area contributed by atoms with Gasteiger partial charge in [0.05, 0.1) is 5.60 Å². The van der Waals surface area contributed by atoms with Gasteiger partial charge in [-0.15, -0.1) is 0 Å². The lowest BCUT2D eigenvalue weighted by Crippen LogP contribution is -2.48. The summed E-state index contributed by atoms with van der Waals surface area (Å²) >= 11 is 3.55. The quantitative estimate of drug-likeness (QED) is 0.775. The summed E-state index contributed by atoms with van der Waals surface area (Å²) < 4.78 is 0. The average molecular weight is 287 g/mol. The molecule has 1 aliphatic heterocycles. The van der Waals surface area contributed by atoms with Crippen LogP contribution in [0.3, 0.4) is 0 Å². The highest BCUT2D eigenvalue weighted by Gasteiger charge is 2.30. The van der Waals surface area contributed by atoms with Gasteiger partial charge >= 0.3 is 0 Å². The van der Waals surface area contributed by atoms with E-state index in [0.29, 0.717) is 6.54 Å². The lowest BCUT2D eigenvalue weighted by Gasteiger charge is -2.27. The van der Waals surface area contributed by atoms with Crippen molar-refractivity contribution in [3.8, 4) is 0 Å². The fourth-order valence-electron chi connectivity index (χ4n) is 2.21. The van der Waals surface area contributed by atoms with Crippen LogP contribution in [0.4, 0.5) is 0 Å². The van der Waals surface area contributed by atoms with Crippen LogP contribution in [0.5, 0.6) is 0 Å². The summed E-state index contributed by atoms with van der Waals surface area (Å²) in [6.07, 6.45) is 6.99. The van der Waals surface area contributed by atoms with E-state index in [4.69, 9.17) is 0 Å². The molecule has 18 heavy (non-hydrogen) atoms. The third-order valence-electron chi connectivity index (χ3n) is 3.35. The summed E-state index contributed by atoms with van der Waals surface area (Å²) in [4.78, 5) is 12.0. The van der Waals surface area contributed by atoms with E-state index >= 15 is 0 Å². The Balaban J connectivity index is 1.78. The molecular weight excluding hydrogens is 266 g/mol. The molecule has 0 aromatic heterocycles. The first kappa shape index (κ1) is 14.3. The standard InChI is InChI=1S/C13H21NO2S2/c15-12(11-4-2-1-3-5-11)14-8-13(16)9-17-6-7-18-10-13/h1-2,11,16H,3-10H2,(H,14,15). The molecule has 1 atom stereocenters. The molecule has 2 N–H and O–H groups in total. The molecule has 0 bridgehead atoms. The van der Waals surface area contributed by atoms with E-state index in [0.717, 1.165) is 42.3 Å². The van der Waals surface area contributed by atoms with Crippen molar-refractivity contribution in [1.82, 2.24) is 5.32 Å². The number of aliphatic hydroxyl groups is 1. The molecule has 0 radical (unpaired) electrons. The third-order valence-corrected chi connectivity index (χ3v) is 6.07. The maximum atomic E-state index is 12.0. The lowest BCUT2D eigenvalue weighted by atomic mass is 9.93. The fourth-order valence-corrected chi connectivity index (χ4v) is 4.74. The lowest BCUT2D eigenvalue weighted by molar-refractivity contribution is -0.126. The van der Waals surface area contributed by atoms with E-state index < -0.39 is 5.60 Å². The maximum absolute atomic E-state index is 12.0. The van der Waals surface area contributed by atoms with Crippen LogP contribution < -0.4 is 5.32 Å². The molecule has 0 saturated carbocycles. The van der Waals surface area contributed by atoms with Crippen molar-refractivity contribution in [2.45, 2.75) is 24.9 Å². The van der Waals surface area contributed by atoms with Crippen LogP contribution in [0.15, 0.2) is 12.2 Å². The van der Waals surface area contributed by atoms with Crippen molar-refractivity contribution in [2.75, 3.05) is 29.6 Å². The second-order valence-electron chi connectivity index (χ2n) is 5.03. The number of allylic oxidation sites excluding steroid dienone is 2. The molecule has 1 fully saturated rings. The summed E-state index contributed by atoms with van der Waals surface area (Å²) in [6, 6.07) is 0. The Bertz CT molecular complexity index is 312. The van der Waals surface area contributed by atoms with E-state index in [1.807, 2.05) is 0 Å². The summed E-state index contributed by atoms with van der Waals surface area (Å²) in [5.74, 6) is 3.84. The fraction of sp³-hybridized carbons (Fsp3) is 0.769. The van der Waals surface area contributed by atoms with Gasteiger partial charge in [0.15, 0.2) is 0 Å². The molecule has 5 heteroatoms. The highest BCUT2D eigenvalue weighted by molar-refractivity contribution is 8.03. The molecule has 0 aromatic rings. The molecular formula is C13H21NO2S2. The number of carbonyl (C=O) groups excluding carboxylic acids is 1. The summed E-state index contributed by atoms with van der Waals surface area (Å²) in [6.45, 7) is 0.395. The van der Waals surface area contributed by atoms with Gasteiger partial charge in [-0.05, 0) is 19.3 Å². The topological polar surface area (TPSA) is 49.3 Å². The molecule has 3 nitrogen and oxygen atoms in total. The van der Waals surface area contributed by atoms with Crippen LogP contribution in [0.25, 0.3) is 0 Å². The Labute approximate surface area is 117 Å². The van der Waals surface area contributed by atoms with Crippen LogP contribution in [-0.4, -0.2) is 46.2 Å². The Morgan fingerprint density at radius 1 is 1.33 bits per heavy atom. The number of amides is 1. The molecule has 2 rings (SSSR count). The van der Waals surface area contributed by atoms with Crippen molar-refractivity contribution in [3.05, 3.63) is 12.2 Å². The van der Waals surface area contributed by atoms with Gasteiger partial charge in [-0.1, -0.05) is 12.2 Å². The molecule has 1 aliphatic carbocycles. The predicted molar refractivity (Wildman–Crippen MR) is 79.1 cm³/mol. The molecule has 1 unspecified atom stereocenters. The second-order valence-corrected chi connectivity index (χ2v) is 7.24. The van der Waals surface area contributed by atoms with Gasteiger partial charge < -0.3 is 10.4 Å². The van der Waals surface area contributed by atoms with Gasteiger partial charge in [-0.3, -0.25) is 4.79 Å². The first-order chi connectivity index (χ1) is 8.70. The van der Waals surface area contributed by atoms with E-state index in [1.165, 1.54) is 0 Å². The van der Waals surface area contributed by atoms with Gasteiger partial charge in [0.2, 0.25) is 5.91 Å². The Kier molecular flexibility index (Phi) is 5.45. The Morgan fingerprint density at radius 3 is 2.67 bits per heavy atom. The van der Waals surface area contributed by atoms with E-state index in [2.05, 4.69) is 17.5 Å². The van der Waals surface area contributed by atoms with E-state index in [-0.39, 0.29) is 11.8 Å². The molecule has 0 aromatic carbocycles. The van der Waals surface area contributed by atoms with E-state index in [1.54, 1.807) is 23.5 Å². The second kappa shape index (κ2) is 6.87. The highest BCUT2D eigenvalue weighted by atomic mass is 32.2. The monoisotopic (exact) mass is 287 g/mol. The minimum Gasteiger partial charge on any atom is -0.386 e. The van der Waals surface area contributed by atoms with Crippen molar-refractivity contribution in [2.24, 2.45) is 5.92 Å². The van der Waals surface area contributed by atoms with Crippen LogP contribution in [0, 0.1) is 5.92 Å². The maximum Gasteiger partial charge on any atom is 0.223 e. The number of hydrogen-bond donors (Lipinski definition) is 2. The third kappa shape index (κ3) is 4.21. The van der Waals surface area contributed by atoms with Crippen molar-refractivity contribution in [3.63, 3.8) is 0 Å². The zero-order valence-corrected chi connectivity index (χ0v) is 12.2. The van der Waals surface area contributed by atoms with Crippen LogP contribution in [0.1, 0.15) is 19.3 Å². The van der Waals surface area contributed by atoms with Crippen LogP contribution >= 0.6 is 23.5 Å². The molecule has 1 heterocycles. The predicted octanol–water partition coefficient (Wildman–Crippen LogP) is 1.67. The van der Waals surface area contributed by atoms with E-state index in [9.17, 15) is 9.90 Å². The largest absolute Gasteiger partial charge is 0.386 e. The SMILES string of the molecule is O=C(NCC1(O)CSCCSC1)C1CC=CCC1. The smallest absolute Gasteiger partial charge is 0.223 e. The van der Waals surface area contributed by atoms with Crippen LogP contribution in [0.2, 0.25) is 0 Å². The van der Waals surface area contributed by atoms with Crippen LogP contribution in [-0.2, 0) is 4.79 Å². The number of rotatable bonds is 3. The van der Waals surface area contributed by atoms with Crippen molar-refractivity contribution >= 4 is 29.4 Å². The average Bonchev–Trinajstić information content (AvgIpc) is 2.62. The first-order valence-corrected chi connectivity index (χ1v) is 8.81. The summed E-state index contributed by atoms with van der Waals surface area (Å²) in [7, 11) is 0. The van der Waals surface area contributed by atoms with Gasteiger partial charge in [-0.2, -0.15) is 23.5 Å². The van der Waals surface area contributed by atoms with Gasteiger partial charge in [-0.25, -0.2) is 0 Å². The molecule has 1 saturated heterocycles. The molecule has 1 amide bonds. The van der Waals surface area contributed by atoms with Crippen molar-refractivity contribution in [1.29, 1.82) is 0 Å². The minimum absolute atomic E-state index is 0.102. The Hall–Kier alpha value is -0.130. The van der Waals surface area contributed by atoms with Gasteiger partial charge in [0.1, 0.15) is 0 Å². The number of hydrogen-bond acceptors (Lipinski definition) is 4. The zero-order chi connectivity index (χ0) is 12.8. The Morgan fingerprint density at radius 2 is 2.06 bits per heavy atom. The number of nitrogens with one attached hydrogen (secondary N) is 1. The summed E-state index contributed by atoms with van der Waals surface area (Å²) in [5, 5.41) is 13.4. The summed E-state index contributed by atoms with van der Waals surface area (Å²) in [5.41, 5.74) is -0.730. The van der Waals surface area contributed by atoms with Gasteiger partial charge in [0, 0.05) is 35.5 Å². The van der Waals surface area contributed by atoms with Crippen molar-refractivity contribution < 1.29 is 9.90 Å². The minimum atomic E-state index is -0.730. The molecule has 2 aliphatic rings. The highest BCUT2D eigenvalue weighted by Crippen LogP contribution is 2.24.